The van der Waals surface area contributed by atoms with E-state index in [4.69, 9.17) is 5.73 Å². The first-order chi connectivity index (χ1) is 9.24. The Morgan fingerprint density at radius 1 is 1.16 bits per heavy atom. The van der Waals surface area contributed by atoms with Gasteiger partial charge in [0.2, 0.25) is 0 Å². The number of hydrogen-bond donors (Lipinski definition) is 1. The largest absolute Gasteiger partial charge is 0.399 e. The molecule has 19 heavy (non-hydrogen) atoms. The second-order valence-electron chi connectivity index (χ2n) is 5.70. The summed E-state index contributed by atoms with van der Waals surface area (Å²) in [5.74, 6) is 0. The van der Waals surface area contributed by atoms with Gasteiger partial charge in [0, 0.05) is 25.3 Å². The lowest BCUT2D eigenvalue weighted by atomic mass is 10.1. The average Bonchev–Trinajstić information content (AvgIpc) is 2.44. The number of benzene rings is 1. The van der Waals surface area contributed by atoms with Gasteiger partial charge in [-0.15, -0.1) is 0 Å². The minimum atomic E-state index is 0.869. The summed E-state index contributed by atoms with van der Waals surface area (Å²) in [6, 6.07) is 8.23. The molecule has 1 aromatic rings. The standard InChI is InChI=1S/C16H27N3/c1-18(12-13-19-9-3-2-4-10-19)11-8-15-6-5-7-16(17)14-15/h5-7,14H,2-4,8-13,17H2,1H3. The molecule has 0 radical (unpaired) electrons. The van der Waals surface area contributed by atoms with Gasteiger partial charge in [-0.05, 0) is 57.1 Å². The number of nitrogens with zero attached hydrogens (tertiary/aromatic N) is 2. The van der Waals surface area contributed by atoms with Crippen molar-refractivity contribution in [2.24, 2.45) is 0 Å². The van der Waals surface area contributed by atoms with Gasteiger partial charge in [0.05, 0.1) is 0 Å². The first kappa shape index (κ1) is 14.4. The number of likely N-dealkylation sites (tertiary alicyclic amines) is 1. The Labute approximate surface area is 117 Å². The lowest BCUT2D eigenvalue weighted by Gasteiger charge is -2.28. The molecule has 1 aliphatic rings. The zero-order chi connectivity index (χ0) is 13.5. The van der Waals surface area contributed by atoms with E-state index in [9.17, 15) is 0 Å². The van der Waals surface area contributed by atoms with E-state index >= 15 is 0 Å². The van der Waals surface area contributed by atoms with Crippen LogP contribution in [0.2, 0.25) is 0 Å². The molecule has 2 N–H and O–H groups in total. The number of likely N-dealkylation sites (N-methyl/N-ethyl adjacent to an activating group) is 1. The molecule has 0 unspecified atom stereocenters. The summed E-state index contributed by atoms with van der Waals surface area (Å²) in [7, 11) is 2.22. The molecule has 2 rings (SSSR count). The predicted octanol–water partition coefficient (Wildman–Crippen LogP) is 2.23. The minimum absolute atomic E-state index is 0.869. The van der Waals surface area contributed by atoms with Crippen LogP contribution in [0.3, 0.4) is 0 Å². The van der Waals surface area contributed by atoms with E-state index in [1.165, 1.54) is 51.0 Å². The van der Waals surface area contributed by atoms with Crippen molar-refractivity contribution in [1.82, 2.24) is 9.80 Å². The second-order valence-corrected chi connectivity index (χ2v) is 5.70. The van der Waals surface area contributed by atoms with Crippen molar-refractivity contribution in [3.63, 3.8) is 0 Å². The predicted molar refractivity (Wildman–Crippen MR) is 82.3 cm³/mol. The minimum Gasteiger partial charge on any atom is -0.399 e. The number of anilines is 1. The van der Waals surface area contributed by atoms with Crippen molar-refractivity contribution in [1.29, 1.82) is 0 Å². The number of nitrogens with two attached hydrogens (primary N) is 1. The van der Waals surface area contributed by atoms with Crippen LogP contribution in [-0.4, -0.2) is 49.6 Å². The van der Waals surface area contributed by atoms with Crippen LogP contribution in [0, 0.1) is 0 Å². The van der Waals surface area contributed by atoms with Gasteiger partial charge in [-0.2, -0.15) is 0 Å². The fourth-order valence-corrected chi connectivity index (χ4v) is 2.68. The van der Waals surface area contributed by atoms with Crippen molar-refractivity contribution in [3.8, 4) is 0 Å². The van der Waals surface area contributed by atoms with Crippen LogP contribution < -0.4 is 5.73 Å². The van der Waals surface area contributed by atoms with Crippen LogP contribution >= 0.6 is 0 Å². The number of hydrogen-bond acceptors (Lipinski definition) is 3. The molecule has 3 heteroatoms. The molecule has 0 atom stereocenters. The topological polar surface area (TPSA) is 32.5 Å². The molecule has 3 nitrogen and oxygen atoms in total. The Kier molecular flexibility index (Phi) is 5.67. The molecule has 1 aliphatic heterocycles. The summed E-state index contributed by atoms with van der Waals surface area (Å²) in [6.07, 6.45) is 5.27. The smallest absolute Gasteiger partial charge is 0.0316 e. The Morgan fingerprint density at radius 3 is 2.68 bits per heavy atom. The summed E-state index contributed by atoms with van der Waals surface area (Å²) in [6.45, 7) is 6.08. The second kappa shape index (κ2) is 7.51. The van der Waals surface area contributed by atoms with E-state index in [2.05, 4.69) is 29.0 Å². The molecule has 0 spiro atoms. The molecule has 1 saturated heterocycles. The van der Waals surface area contributed by atoms with E-state index in [0.717, 1.165) is 18.7 Å². The summed E-state index contributed by atoms with van der Waals surface area (Å²) in [5, 5.41) is 0. The molecular weight excluding hydrogens is 234 g/mol. The number of rotatable bonds is 6. The zero-order valence-corrected chi connectivity index (χ0v) is 12.1. The maximum atomic E-state index is 5.80. The molecule has 0 aliphatic carbocycles. The lowest BCUT2D eigenvalue weighted by molar-refractivity contribution is 0.197. The first-order valence-electron chi connectivity index (χ1n) is 7.49. The zero-order valence-electron chi connectivity index (χ0n) is 12.1. The number of piperidine rings is 1. The molecule has 1 fully saturated rings. The highest BCUT2D eigenvalue weighted by molar-refractivity contribution is 5.40. The maximum Gasteiger partial charge on any atom is 0.0316 e. The third-order valence-electron chi connectivity index (χ3n) is 3.98. The fourth-order valence-electron chi connectivity index (χ4n) is 2.68. The van der Waals surface area contributed by atoms with Crippen LogP contribution in [0.5, 0.6) is 0 Å². The van der Waals surface area contributed by atoms with Gasteiger partial charge in [0.25, 0.3) is 0 Å². The van der Waals surface area contributed by atoms with Crippen LogP contribution in [-0.2, 0) is 6.42 Å². The molecule has 106 valence electrons. The van der Waals surface area contributed by atoms with Gasteiger partial charge in [-0.1, -0.05) is 18.6 Å². The van der Waals surface area contributed by atoms with E-state index in [0.29, 0.717) is 0 Å². The van der Waals surface area contributed by atoms with Crippen molar-refractivity contribution in [2.75, 3.05) is 45.5 Å². The summed E-state index contributed by atoms with van der Waals surface area (Å²) in [4.78, 5) is 5.03. The van der Waals surface area contributed by atoms with Gasteiger partial charge >= 0.3 is 0 Å². The highest BCUT2D eigenvalue weighted by atomic mass is 15.2. The van der Waals surface area contributed by atoms with E-state index in [1.54, 1.807) is 0 Å². The van der Waals surface area contributed by atoms with Gasteiger partial charge in [0.15, 0.2) is 0 Å². The van der Waals surface area contributed by atoms with Crippen molar-refractivity contribution < 1.29 is 0 Å². The van der Waals surface area contributed by atoms with Crippen LogP contribution in [0.15, 0.2) is 24.3 Å². The third-order valence-corrected chi connectivity index (χ3v) is 3.98. The third kappa shape index (κ3) is 5.21. The summed E-state index contributed by atoms with van der Waals surface area (Å²) in [5.41, 5.74) is 8.01. The lowest BCUT2D eigenvalue weighted by Crippen LogP contribution is -2.37. The van der Waals surface area contributed by atoms with Crippen LogP contribution in [0.25, 0.3) is 0 Å². The van der Waals surface area contributed by atoms with Crippen molar-refractivity contribution >= 4 is 5.69 Å². The monoisotopic (exact) mass is 261 g/mol. The molecule has 0 aromatic heterocycles. The van der Waals surface area contributed by atoms with E-state index < -0.39 is 0 Å². The molecule has 0 amide bonds. The molecule has 0 bridgehead atoms. The summed E-state index contributed by atoms with van der Waals surface area (Å²) >= 11 is 0. The normalized spacial score (nSPS) is 16.9. The average molecular weight is 261 g/mol. The Bertz CT molecular complexity index is 372. The Hall–Kier alpha value is -1.06. The number of nitrogen functional groups attached to an aromatic ring is 1. The van der Waals surface area contributed by atoms with Gasteiger partial charge in [-0.3, -0.25) is 0 Å². The quantitative estimate of drug-likeness (QED) is 0.797. The Morgan fingerprint density at radius 2 is 1.95 bits per heavy atom. The highest BCUT2D eigenvalue weighted by Crippen LogP contribution is 2.09. The van der Waals surface area contributed by atoms with Crippen molar-refractivity contribution in [3.05, 3.63) is 29.8 Å². The van der Waals surface area contributed by atoms with Gasteiger partial charge in [0.1, 0.15) is 0 Å². The van der Waals surface area contributed by atoms with E-state index in [-0.39, 0.29) is 0 Å². The fraction of sp³-hybridized carbons (Fsp3) is 0.625. The molecule has 1 aromatic carbocycles. The van der Waals surface area contributed by atoms with Crippen molar-refractivity contribution in [2.45, 2.75) is 25.7 Å². The first-order valence-corrected chi connectivity index (χ1v) is 7.49. The maximum absolute atomic E-state index is 5.80. The van der Waals surface area contributed by atoms with Crippen LogP contribution in [0.4, 0.5) is 5.69 Å². The summed E-state index contributed by atoms with van der Waals surface area (Å²) < 4.78 is 0. The Balaban J connectivity index is 1.65. The molecular formula is C16H27N3. The molecule has 0 saturated carbocycles. The van der Waals surface area contributed by atoms with Gasteiger partial charge < -0.3 is 15.5 Å². The molecule has 1 heterocycles. The SMILES string of the molecule is CN(CCc1cccc(N)c1)CCN1CCCCC1. The van der Waals surface area contributed by atoms with E-state index in [1.807, 2.05) is 12.1 Å². The van der Waals surface area contributed by atoms with Gasteiger partial charge in [-0.25, -0.2) is 0 Å². The van der Waals surface area contributed by atoms with Crippen LogP contribution in [0.1, 0.15) is 24.8 Å². The highest BCUT2D eigenvalue weighted by Gasteiger charge is 2.10.